The van der Waals surface area contributed by atoms with Crippen LogP contribution in [0.4, 0.5) is 0 Å². The summed E-state index contributed by atoms with van der Waals surface area (Å²) in [6.45, 7) is 2.22. The lowest BCUT2D eigenvalue weighted by atomic mass is 10.1. The fraction of sp³-hybridized carbons (Fsp3) is 0.250. The molecule has 0 N–H and O–H groups in total. The number of furan rings is 1. The van der Waals surface area contributed by atoms with Crippen molar-refractivity contribution < 1.29 is 4.42 Å². The Morgan fingerprint density at radius 2 is 2.26 bits per heavy atom. The van der Waals surface area contributed by atoms with E-state index in [9.17, 15) is 5.26 Å². The van der Waals surface area contributed by atoms with Crippen molar-refractivity contribution in [3.63, 3.8) is 0 Å². The van der Waals surface area contributed by atoms with Crippen molar-refractivity contribution in [2.24, 2.45) is 5.92 Å². The fourth-order valence-corrected chi connectivity index (χ4v) is 2.19. The molecule has 0 aliphatic heterocycles. The highest BCUT2D eigenvalue weighted by atomic mass is 16.3. The molecule has 1 aliphatic rings. The first-order valence-corrected chi connectivity index (χ1v) is 6.41. The molecule has 94 valence electrons. The summed E-state index contributed by atoms with van der Waals surface area (Å²) >= 11 is 0. The summed E-state index contributed by atoms with van der Waals surface area (Å²) in [6, 6.07) is 11.6. The number of allylic oxidation sites excluding steroid dienone is 1. The molecule has 2 unspecified atom stereocenters. The first-order chi connectivity index (χ1) is 9.28. The standard InChI is InChI=1S/C16H14N2O/c1-11-8-14(11)16-6-5-13(19-16)9-12(10-17)15-4-2-3-7-18-15/h2-7,9,11,14H,8H2,1H3/b12-9+. The molecule has 3 nitrogen and oxygen atoms in total. The highest BCUT2D eigenvalue weighted by Gasteiger charge is 2.36. The first-order valence-electron chi connectivity index (χ1n) is 6.41. The average Bonchev–Trinajstić information content (AvgIpc) is 3.00. The topological polar surface area (TPSA) is 49.8 Å². The Labute approximate surface area is 112 Å². The van der Waals surface area contributed by atoms with Crippen molar-refractivity contribution in [2.75, 3.05) is 0 Å². The summed E-state index contributed by atoms with van der Waals surface area (Å²) in [4.78, 5) is 4.18. The van der Waals surface area contributed by atoms with E-state index in [0.717, 1.165) is 11.5 Å². The lowest BCUT2D eigenvalue weighted by molar-refractivity contribution is 0.498. The predicted molar refractivity (Wildman–Crippen MR) is 73.0 cm³/mol. The van der Waals surface area contributed by atoms with E-state index >= 15 is 0 Å². The minimum Gasteiger partial charge on any atom is -0.461 e. The second-order valence-electron chi connectivity index (χ2n) is 4.94. The van der Waals surface area contributed by atoms with Crippen LogP contribution in [0.3, 0.4) is 0 Å². The summed E-state index contributed by atoms with van der Waals surface area (Å²) < 4.78 is 5.78. The predicted octanol–water partition coefficient (Wildman–Crippen LogP) is 3.86. The third kappa shape index (κ3) is 2.43. The van der Waals surface area contributed by atoms with Crippen LogP contribution in [-0.2, 0) is 0 Å². The lowest BCUT2D eigenvalue weighted by Crippen LogP contribution is -1.85. The van der Waals surface area contributed by atoms with E-state index in [1.807, 2.05) is 30.3 Å². The Kier molecular flexibility index (Phi) is 2.92. The monoisotopic (exact) mass is 250 g/mol. The van der Waals surface area contributed by atoms with Crippen LogP contribution in [0, 0.1) is 17.2 Å². The summed E-state index contributed by atoms with van der Waals surface area (Å²) in [5.74, 6) is 3.02. The van der Waals surface area contributed by atoms with Crippen LogP contribution in [0.15, 0.2) is 40.9 Å². The van der Waals surface area contributed by atoms with E-state index < -0.39 is 0 Å². The van der Waals surface area contributed by atoms with Gasteiger partial charge >= 0.3 is 0 Å². The first kappa shape index (κ1) is 11.7. The van der Waals surface area contributed by atoms with Crippen LogP contribution >= 0.6 is 0 Å². The van der Waals surface area contributed by atoms with Crippen molar-refractivity contribution in [3.05, 3.63) is 53.7 Å². The van der Waals surface area contributed by atoms with Crippen LogP contribution < -0.4 is 0 Å². The van der Waals surface area contributed by atoms with Crippen LogP contribution in [0.5, 0.6) is 0 Å². The maximum atomic E-state index is 9.21. The summed E-state index contributed by atoms with van der Waals surface area (Å²) in [5, 5.41) is 9.21. The van der Waals surface area contributed by atoms with E-state index in [1.165, 1.54) is 6.42 Å². The number of hydrogen-bond donors (Lipinski definition) is 0. The molecule has 2 atom stereocenters. The SMILES string of the molecule is CC1CC1c1ccc(/C=C(\C#N)c2ccccn2)o1. The quantitative estimate of drug-likeness (QED) is 0.777. The van der Waals surface area contributed by atoms with E-state index in [1.54, 1.807) is 12.3 Å². The van der Waals surface area contributed by atoms with Gasteiger partial charge in [0, 0.05) is 18.2 Å². The number of aromatic nitrogens is 1. The van der Waals surface area contributed by atoms with Gasteiger partial charge in [0.05, 0.1) is 11.3 Å². The van der Waals surface area contributed by atoms with Crippen LogP contribution in [0.25, 0.3) is 11.6 Å². The van der Waals surface area contributed by atoms with E-state index in [2.05, 4.69) is 18.0 Å². The summed E-state index contributed by atoms with van der Waals surface area (Å²) in [5.41, 5.74) is 1.19. The molecular formula is C16H14N2O. The lowest BCUT2D eigenvalue weighted by Gasteiger charge is -1.96. The zero-order chi connectivity index (χ0) is 13.2. The Balaban J connectivity index is 1.87. The number of rotatable bonds is 3. The van der Waals surface area contributed by atoms with Crippen LogP contribution in [0.1, 0.15) is 36.5 Å². The number of nitrogens with zero attached hydrogens (tertiary/aromatic N) is 2. The van der Waals surface area contributed by atoms with Gasteiger partial charge in [0.2, 0.25) is 0 Å². The number of nitriles is 1. The van der Waals surface area contributed by atoms with Gasteiger partial charge in [0.15, 0.2) is 0 Å². The Morgan fingerprint density at radius 1 is 1.42 bits per heavy atom. The maximum Gasteiger partial charge on any atom is 0.128 e. The van der Waals surface area contributed by atoms with Crippen molar-refractivity contribution in [1.29, 1.82) is 5.26 Å². The van der Waals surface area contributed by atoms with Crippen molar-refractivity contribution >= 4 is 11.6 Å². The third-order valence-electron chi connectivity index (χ3n) is 3.47. The zero-order valence-electron chi connectivity index (χ0n) is 10.7. The third-order valence-corrected chi connectivity index (χ3v) is 3.47. The van der Waals surface area contributed by atoms with Gasteiger partial charge < -0.3 is 4.42 Å². The molecule has 0 spiro atoms. The molecule has 2 aromatic heterocycles. The highest BCUT2D eigenvalue weighted by molar-refractivity contribution is 5.87. The van der Waals surface area contributed by atoms with E-state index in [-0.39, 0.29) is 0 Å². The summed E-state index contributed by atoms with van der Waals surface area (Å²) in [6.07, 6.45) is 4.63. The molecule has 0 radical (unpaired) electrons. The largest absolute Gasteiger partial charge is 0.461 e. The normalized spacial score (nSPS) is 22.0. The zero-order valence-corrected chi connectivity index (χ0v) is 10.7. The average molecular weight is 250 g/mol. The van der Waals surface area contributed by atoms with E-state index in [0.29, 0.717) is 23.1 Å². The van der Waals surface area contributed by atoms with Crippen LogP contribution in [0.2, 0.25) is 0 Å². The van der Waals surface area contributed by atoms with Gasteiger partial charge in [-0.05, 0) is 36.6 Å². The minimum absolute atomic E-state index is 0.519. The molecule has 1 fully saturated rings. The molecule has 19 heavy (non-hydrogen) atoms. The number of pyridine rings is 1. The molecule has 3 heteroatoms. The van der Waals surface area contributed by atoms with Gasteiger partial charge in [-0.25, -0.2) is 0 Å². The second kappa shape index (κ2) is 4.74. The molecule has 1 aliphatic carbocycles. The van der Waals surface area contributed by atoms with Gasteiger partial charge in [0.1, 0.15) is 17.6 Å². The fourth-order valence-electron chi connectivity index (χ4n) is 2.19. The Bertz CT molecular complexity index is 649. The Hall–Kier alpha value is -2.34. The van der Waals surface area contributed by atoms with Gasteiger partial charge in [-0.2, -0.15) is 5.26 Å². The van der Waals surface area contributed by atoms with Crippen LogP contribution in [-0.4, -0.2) is 4.98 Å². The van der Waals surface area contributed by atoms with Gasteiger partial charge in [0.25, 0.3) is 0 Å². The molecule has 0 aromatic carbocycles. The Morgan fingerprint density at radius 3 is 2.89 bits per heavy atom. The van der Waals surface area contributed by atoms with Gasteiger partial charge in [-0.15, -0.1) is 0 Å². The molecule has 0 saturated heterocycles. The minimum atomic E-state index is 0.519. The molecule has 0 amide bonds. The second-order valence-corrected chi connectivity index (χ2v) is 4.94. The maximum absolute atomic E-state index is 9.21. The summed E-state index contributed by atoms with van der Waals surface area (Å²) in [7, 11) is 0. The van der Waals surface area contributed by atoms with Crippen molar-refractivity contribution in [3.8, 4) is 6.07 Å². The van der Waals surface area contributed by atoms with E-state index in [4.69, 9.17) is 4.42 Å². The van der Waals surface area contributed by atoms with Gasteiger partial charge in [-0.1, -0.05) is 13.0 Å². The van der Waals surface area contributed by atoms with Gasteiger partial charge in [-0.3, -0.25) is 4.98 Å². The van der Waals surface area contributed by atoms with Crippen molar-refractivity contribution in [2.45, 2.75) is 19.3 Å². The van der Waals surface area contributed by atoms with Crippen molar-refractivity contribution in [1.82, 2.24) is 4.98 Å². The molecule has 3 rings (SSSR count). The number of hydrogen-bond acceptors (Lipinski definition) is 3. The highest BCUT2D eigenvalue weighted by Crippen LogP contribution is 2.47. The molecule has 0 bridgehead atoms. The molecule has 2 aromatic rings. The smallest absolute Gasteiger partial charge is 0.128 e. The molecule has 1 saturated carbocycles. The molecular weight excluding hydrogens is 236 g/mol. The molecule has 2 heterocycles.